The average Bonchev–Trinajstić information content (AvgIpc) is 2.90. The minimum absolute atomic E-state index is 0.495. The molecule has 0 aromatic carbocycles. The van der Waals surface area contributed by atoms with Crippen molar-refractivity contribution in [3.63, 3.8) is 0 Å². The minimum Gasteiger partial charge on any atom is -0.478 e. The lowest BCUT2D eigenvalue weighted by Crippen LogP contribution is -2.04. The Hall–Kier alpha value is -0.790. The summed E-state index contributed by atoms with van der Waals surface area (Å²) < 4.78 is 0. The molecule has 1 N–H and O–H groups in total. The second-order valence-electron chi connectivity index (χ2n) is 12.0. The molecule has 0 unspecified atom stereocenters. The second-order valence-corrected chi connectivity index (χ2v) is 12.0. The molecule has 0 radical (unpaired) electrons. The van der Waals surface area contributed by atoms with Crippen molar-refractivity contribution in [2.24, 2.45) is 5.92 Å². The fraction of sp³-hybridized carbons (Fsp3) is 0.912. The maximum absolute atomic E-state index is 10.8. The van der Waals surface area contributed by atoms with Gasteiger partial charge in [-0.25, -0.2) is 4.79 Å². The number of hydrogen-bond acceptors (Lipinski definition) is 1. The van der Waals surface area contributed by atoms with Gasteiger partial charge in [-0.2, -0.15) is 0 Å². The Balaban J connectivity index is 0.000000282. The summed E-state index contributed by atoms with van der Waals surface area (Å²) >= 11 is 0. The Morgan fingerprint density at radius 2 is 0.639 bits per heavy atom. The van der Waals surface area contributed by atoms with E-state index < -0.39 is 5.97 Å². The lowest BCUT2D eigenvalue weighted by atomic mass is 9.91. The Bertz CT molecular complexity index is 413. The second kappa shape index (κ2) is 25.8. The highest BCUT2D eigenvalue weighted by Gasteiger charge is 2.10. The average molecular weight is 505 g/mol. The van der Waals surface area contributed by atoms with E-state index in [0.29, 0.717) is 11.5 Å². The standard InChI is InChI=1S/C14H24O2.2C10H20/c1-12(14(15)16)11-13-9-7-5-3-2-4-6-8-10-13;2*1-2-4-6-8-10-9-7-5-3-1/h11,13H,2-10H2,1H3,(H,15,16);2*1-10H2. The maximum Gasteiger partial charge on any atom is 0.330 e. The number of hydrogen-bond donors (Lipinski definition) is 1. The van der Waals surface area contributed by atoms with E-state index in [0.717, 1.165) is 0 Å². The predicted octanol–water partition coefficient (Wildman–Crippen LogP) is 12.0. The molecule has 2 heteroatoms. The van der Waals surface area contributed by atoms with Gasteiger partial charge in [-0.15, -0.1) is 0 Å². The Kier molecular flexibility index (Phi) is 23.9. The fourth-order valence-corrected chi connectivity index (χ4v) is 5.97. The number of aliphatic carboxylic acids is 1. The van der Waals surface area contributed by atoms with Crippen LogP contribution in [0.1, 0.15) is 193 Å². The van der Waals surface area contributed by atoms with Gasteiger partial charge in [0.2, 0.25) is 0 Å². The quantitative estimate of drug-likeness (QED) is 0.380. The fourth-order valence-electron chi connectivity index (χ4n) is 5.97. The van der Waals surface area contributed by atoms with E-state index in [1.807, 2.05) is 6.08 Å². The van der Waals surface area contributed by atoms with Crippen LogP contribution in [0.3, 0.4) is 0 Å². The highest BCUT2D eigenvalue weighted by molar-refractivity contribution is 5.85. The van der Waals surface area contributed by atoms with Crippen LogP contribution in [-0.4, -0.2) is 11.1 Å². The van der Waals surface area contributed by atoms with Crippen LogP contribution in [0.4, 0.5) is 0 Å². The van der Waals surface area contributed by atoms with Crippen LogP contribution in [0.2, 0.25) is 0 Å². The summed E-state index contributed by atoms with van der Waals surface area (Å²) in [5.41, 5.74) is 0.516. The minimum atomic E-state index is -0.767. The topological polar surface area (TPSA) is 37.3 Å². The van der Waals surface area contributed by atoms with Crippen molar-refractivity contribution >= 4 is 5.97 Å². The molecule has 3 saturated carbocycles. The van der Waals surface area contributed by atoms with Crippen molar-refractivity contribution < 1.29 is 9.90 Å². The van der Waals surface area contributed by atoms with Gasteiger partial charge in [-0.05, 0) is 25.7 Å². The Labute approximate surface area is 226 Å². The van der Waals surface area contributed by atoms with Crippen LogP contribution in [-0.2, 0) is 4.79 Å². The third-order valence-electron chi connectivity index (χ3n) is 8.47. The molecule has 3 rings (SSSR count). The molecule has 0 heterocycles. The molecule has 0 spiro atoms. The smallest absolute Gasteiger partial charge is 0.330 e. The number of carboxylic acids is 1. The van der Waals surface area contributed by atoms with Gasteiger partial charge in [0.05, 0.1) is 0 Å². The molecule has 0 aromatic heterocycles. The molecule has 212 valence electrons. The van der Waals surface area contributed by atoms with E-state index in [1.54, 1.807) is 6.92 Å². The third-order valence-corrected chi connectivity index (χ3v) is 8.47. The summed E-state index contributed by atoms with van der Waals surface area (Å²) in [7, 11) is 0. The largest absolute Gasteiger partial charge is 0.478 e. The van der Waals surface area contributed by atoms with Crippen LogP contribution >= 0.6 is 0 Å². The van der Waals surface area contributed by atoms with Crippen LogP contribution in [0.15, 0.2) is 11.6 Å². The predicted molar refractivity (Wildman–Crippen MR) is 159 cm³/mol. The highest BCUT2D eigenvalue weighted by Crippen LogP contribution is 2.23. The monoisotopic (exact) mass is 504 g/mol. The van der Waals surface area contributed by atoms with Crippen LogP contribution in [0, 0.1) is 5.92 Å². The van der Waals surface area contributed by atoms with Gasteiger partial charge >= 0.3 is 5.97 Å². The molecule has 0 amide bonds. The molecular weight excluding hydrogens is 440 g/mol. The molecule has 3 aliphatic carbocycles. The van der Waals surface area contributed by atoms with Crippen molar-refractivity contribution in [2.75, 3.05) is 0 Å². The highest BCUT2D eigenvalue weighted by atomic mass is 16.4. The zero-order chi connectivity index (χ0) is 25.9. The van der Waals surface area contributed by atoms with Gasteiger partial charge < -0.3 is 5.11 Å². The van der Waals surface area contributed by atoms with Gasteiger partial charge in [-0.3, -0.25) is 0 Å². The van der Waals surface area contributed by atoms with E-state index in [2.05, 4.69) is 0 Å². The zero-order valence-corrected chi connectivity index (χ0v) is 24.5. The molecule has 36 heavy (non-hydrogen) atoms. The molecule has 2 nitrogen and oxygen atoms in total. The SMILES string of the molecule is C1CCCCCCCCC1.C1CCCCCCCCC1.CC(=CC1CCCCCCCCC1)C(=O)O. The molecule has 0 aromatic rings. The summed E-state index contributed by atoms with van der Waals surface area (Å²) in [4.78, 5) is 10.8. The van der Waals surface area contributed by atoms with Crippen LogP contribution < -0.4 is 0 Å². The van der Waals surface area contributed by atoms with Gasteiger partial charge in [0.15, 0.2) is 0 Å². The number of rotatable bonds is 2. The van der Waals surface area contributed by atoms with E-state index in [-0.39, 0.29) is 0 Å². The first-order valence-corrected chi connectivity index (χ1v) is 16.6. The number of carboxylic acid groups (broad SMARTS) is 1. The lowest BCUT2D eigenvalue weighted by molar-refractivity contribution is -0.132. The van der Waals surface area contributed by atoms with Crippen LogP contribution in [0.5, 0.6) is 0 Å². The Morgan fingerprint density at radius 3 is 0.833 bits per heavy atom. The number of carbonyl (C=O) groups is 1. The summed E-state index contributed by atoms with van der Waals surface area (Å²) in [6, 6.07) is 0. The Morgan fingerprint density at radius 1 is 0.444 bits per heavy atom. The summed E-state index contributed by atoms with van der Waals surface area (Å²) in [5.74, 6) is -0.272. The lowest BCUT2D eigenvalue weighted by Gasteiger charge is -2.15. The molecule has 3 fully saturated rings. The van der Waals surface area contributed by atoms with Gasteiger partial charge in [0, 0.05) is 5.57 Å². The van der Waals surface area contributed by atoms with Crippen molar-refractivity contribution in [2.45, 2.75) is 193 Å². The number of allylic oxidation sites excluding steroid dienone is 1. The van der Waals surface area contributed by atoms with Gasteiger partial charge in [0.1, 0.15) is 0 Å². The molecule has 0 aliphatic heterocycles. The van der Waals surface area contributed by atoms with Crippen molar-refractivity contribution in [1.29, 1.82) is 0 Å². The van der Waals surface area contributed by atoms with Crippen molar-refractivity contribution in [3.05, 3.63) is 11.6 Å². The summed E-state index contributed by atoms with van der Waals surface area (Å²) in [6.07, 6.45) is 43.6. The van der Waals surface area contributed by atoms with E-state index in [1.165, 1.54) is 186 Å². The molecule has 3 aliphatic rings. The first-order valence-electron chi connectivity index (χ1n) is 16.6. The maximum atomic E-state index is 10.8. The summed E-state index contributed by atoms with van der Waals surface area (Å²) in [6.45, 7) is 1.71. The molecule has 0 saturated heterocycles. The normalized spacial score (nSPS) is 23.0. The van der Waals surface area contributed by atoms with Crippen LogP contribution in [0.25, 0.3) is 0 Å². The molecular formula is C34H64O2. The van der Waals surface area contributed by atoms with Gasteiger partial charge in [0.25, 0.3) is 0 Å². The van der Waals surface area contributed by atoms with Crippen molar-refractivity contribution in [1.82, 2.24) is 0 Å². The van der Waals surface area contributed by atoms with Gasteiger partial charge in [-0.1, -0.05) is 179 Å². The van der Waals surface area contributed by atoms with Crippen molar-refractivity contribution in [3.8, 4) is 0 Å². The molecule has 0 atom stereocenters. The van der Waals surface area contributed by atoms with E-state index >= 15 is 0 Å². The third kappa shape index (κ3) is 22.4. The first-order chi connectivity index (χ1) is 17.7. The van der Waals surface area contributed by atoms with E-state index in [9.17, 15) is 4.79 Å². The van der Waals surface area contributed by atoms with E-state index in [4.69, 9.17) is 5.11 Å². The molecule has 0 bridgehead atoms. The summed E-state index contributed by atoms with van der Waals surface area (Å²) in [5, 5.41) is 8.87. The zero-order valence-electron chi connectivity index (χ0n) is 24.5. The first kappa shape index (κ1) is 33.2.